The van der Waals surface area contributed by atoms with Crippen LogP contribution in [0.2, 0.25) is 0 Å². The van der Waals surface area contributed by atoms with Crippen molar-refractivity contribution in [3.05, 3.63) is 0 Å². The molecular weight excluding hydrogens is 178 g/mol. The number of nitrogens with two attached hydrogens (primary N) is 1. The van der Waals surface area contributed by atoms with Gasteiger partial charge in [-0.25, -0.2) is 0 Å². The highest BCUT2D eigenvalue weighted by atomic mass is 16.1. The van der Waals surface area contributed by atoms with Crippen LogP contribution in [0.25, 0.3) is 0 Å². The van der Waals surface area contributed by atoms with E-state index in [2.05, 4.69) is 10.6 Å². The Morgan fingerprint density at radius 3 is 2.71 bits per heavy atom. The van der Waals surface area contributed by atoms with Gasteiger partial charge < -0.3 is 16.4 Å². The van der Waals surface area contributed by atoms with Crippen molar-refractivity contribution in [3.8, 4) is 0 Å². The molecule has 4 nitrogen and oxygen atoms in total. The van der Waals surface area contributed by atoms with Crippen molar-refractivity contribution in [3.63, 3.8) is 0 Å². The van der Waals surface area contributed by atoms with Gasteiger partial charge in [0.1, 0.15) is 0 Å². The van der Waals surface area contributed by atoms with Crippen molar-refractivity contribution in [1.29, 1.82) is 0 Å². The molecule has 0 atom stereocenters. The van der Waals surface area contributed by atoms with E-state index in [0.717, 1.165) is 32.5 Å². The van der Waals surface area contributed by atoms with E-state index in [1.54, 1.807) is 0 Å². The molecule has 1 saturated heterocycles. The molecule has 0 aromatic rings. The zero-order chi connectivity index (χ0) is 10.2. The minimum atomic E-state index is -0.188. The second-order valence-corrected chi connectivity index (χ2v) is 3.90. The molecule has 0 aromatic heterocycles. The molecule has 0 aliphatic carbocycles. The summed E-state index contributed by atoms with van der Waals surface area (Å²) < 4.78 is 0. The smallest absolute Gasteiger partial charge is 0.217 e. The largest absolute Gasteiger partial charge is 0.370 e. The van der Waals surface area contributed by atoms with Gasteiger partial charge >= 0.3 is 0 Å². The normalized spacial score (nSPS) is 18.3. The van der Waals surface area contributed by atoms with Crippen molar-refractivity contribution in [2.75, 3.05) is 19.6 Å². The molecule has 14 heavy (non-hydrogen) atoms. The average molecular weight is 199 g/mol. The number of hydrogen-bond acceptors (Lipinski definition) is 3. The summed E-state index contributed by atoms with van der Waals surface area (Å²) >= 11 is 0. The van der Waals surface area contributed by atoms with Crippen LogP contribution in [0.3, 0.4) is 0 Å². The molecule has 0 radical (unpaired) electrons. The summed E-state index contributed by atoms with van der Waals surface area (Å²) in [7, 11) is 0. The van der Waals surface area contributed by atoms with Gasteiger partial charge in [-0.05, 0) is 45.3 Å². The minimum absolute atomic E-state index is 0.188. The van der Waals surface area contributed by atoms with E-state index in [1.165, 1.54) is 12.8 Å². The summed E-state index contributed by atoms with van der Waals surface area (Å²) in [5.41, 5.74) is 5.05. The molecule has 1 fully saturated rings. The number of primary amides is 1. The fraction of sp³-hybridized carbons (Fsp3) is 0.900. The maximum atomic E-state index is 10.5. The third-order valence-corrected chi connectivity index (χ3v) is 2.62. The molecule has 0 spiro atoms. The van der Waals surface area contributed by atoms with Crippen LogP contribution < -0.4 is 16.4 Å². The lowest BCUT2D eigenvalue weighted by molar-refractivity contribution is -0.118. The Morgan fingerprint density at radius 2 is 2.07 bits per heavy atom. The highest BCUT2D eigenvalue weighted by molar-refractivity contribution is 5.73. The summed E-state index contributed by atoms with van der Waals surface area (Å²) in [5, 5.41) is 6.83. The zero-order valence-electron chi connectivity index (χ0n) is 8.72. The van der Waals surface area contributed by atoms with Gasteiger partial charge in [-0.1, -0.05) is 0 Å². The zero-order valence-corrected chi connectivity index (χ0v) is 8.72. The number of nitrogens with one attached hydrogen (secondary N) is 2. The van der Waals surface area contributed by atoms with Crippen LogP contribution in [0.4, 0.5) is 0 Å². The standard InChI is InChI=1S/C10H21N3O/c11-10(14)3-1-2-6-13-9-4-7-12-8-5-9/h9,12-13H,1-8H2,(H2,11,14). The lowest BCUT2D eigenvalue weighted by atomic mass is 10.1. The molecule has 1 heterocycles. The topological polar surface area (TPSA) is 67.2 Å². The maximum absolute atomic E-state index is 10.5. The Bertz CT molecular complexity index is 167. The van der Waals surface area contributed by atoms with Gasteiger partial charge in [-0.15, -0.1) is 0 Å². The van der Waals surface area contributed by atoms with E-state index in [9.17, 15) is 4.79 Å². The Labute approximate surface area is 85.6 Å². The molecule has 0 aromatic carbocycles. The number of carbonyl (C=O) groups is 1. The fourth-order valence-corrected chi connectivity index (χ4v) is 1.76. The van der Waals surface area contributed by atoms with E-state index in [1.807, 2.05) is 0 Å². The van der Waals surface area contributed by atoms with E-state index < -0.39 is 0 Å². The number of carbonyl (C=O) groups excluding carboxylic acids is 1. The van der Waals surface area contributed by atoms with Crippen LogP contribution in [-0.4, -0.2) is 31.6 Å². The van der Waals surface area contributed by atoms with E-state index in [4.69, 9.17) is 5.73 Å². The summed E-state index contributed by atoms with van der Waals surface area (Å²) in [6, 6.07) is 0.671. The van der Waals surface area contributed by atoms with Gasteiger partial charge in [0.25, 0.3) is 0 Å². The lowest BCUT2D eigenvalue weighted by Crippen LogP contribution is -2.40. The maximum Gasteiger partial charge on any atom is 0.217 e. The van der Waals surface area contributed by atoms with Crippen LogP contribution in [0, 0.1) is 0 Å². The van der Waals surface area contributed by atoms with Crippen LogP contribution in [0.1, 0.15) is 32.1 Å². The molecule has 1 aliphatic heterocycles. The quantitative estimate of drug-likeness (QED) is 0.527. The molecule has 1 amide bonds. The molecule has 1 rings (SSSR count). The predicted octanol–water partition coefficient (Wildman–Crippen LogP) is -0.0164. The Balaban J connectivity index is 1.90. The first-order valence-electron chi connectivity index (χ1n) is 5.51. The summed E-state index contributed by atoms with van der Waals surface area (Å²) in [6.45, 7) is 3.26. The first-order valence-corrected chi connectivity index (χ1v) is 5.51. The highest BCUT2D eigenvalue weighted by Gasteiger charge is 2.10. The average Bonchev–Trinajstić information content (AvgIpc) is 2.18. The first kappa shape index (κ1) is 11.5. The molecule has 4 N–H and O–H groups in total. The number of hydrogen-bond donors (Lipinski definition) is 3. The van der Waals surface area contributed by atoms with Gasteiger partial charge in [0.05, 0.1) is 0 Å². The molecule has 82 valence electrons. The third-order valence-electron chi connectivity index (χ3n) is 2.62. The summed E-state index contributed by atoms with van der Waals surface area (Å²) in [6.07, 6.45) is 4.92. The SMILES string of the molecule is NC(=O)CCCCNC1CCNCC1. The predicted molar refractivity (Wildman–Crippen MR) is 56.9 cm³/mol. The Morgan fingerprint density at radius 1 is 1.36 bits per heavy atom. The third kappa shape index (κ3) is 5.19. The number of amides is 1. The van der Waals surface area contributed by atoms with E-state index in [0.29, 0.717) is 12.5 Å². The van der Waals surface area contributed by atoms with Crippen molar-refractivity contribution in [1.82, 2.24) is 10.6 Å². The Hall–Kier alpha value is -0.610. The first-order chi connectivity index (χ1) is 6.79. The van der Waals surface area contributed by atoms with Gasteiger partial charge in [0.15, 0.2) is 0 Å². The van der Waals surface area contributed by atoms with Crippen molar-refractivity contribution in [2.45, 2.75) is 38.1 Å². The summed E-state index contributed by atoms with van der Waals surface area (Å²) in [4.78, 5) is 10.5. The molecule has 0 unspecified atom stereocenters. The summed E-state index contributed by atoms with van der Waals surface area (Å²) in [5.74, 6) is -0.188. The fourth-order valence-electron chi connectivity index (χ4n) is 1.76. The number of unbranched alkanes of at least 4 members (excludes halogenated alkanes) is 1. The van der Waals surface area contributed by atoms with Gasteiger partial charge in [-0.3, -0.25) is 4.79 Å². The second kappa shape index (κ2) is 6.79. The second-order valence-electron chi connectivity index (χ2n) is 3.90. The molecular formula is C10H21N3O. The molecule has 0 bridgehead atoms. The van der Waals surface area contributed by atoms with Crippen molar-refractivity contribution >= 4 is 5.91 Å². The molecule has 0 saturated carbocycles. The van der Waals surface area contributed by atoms with Crippen molar-refractivity contribution < 1.29 is 4.79 Å². The molecule has 1 aliphatic rings. The molecule has 4 heteroatoms. The highest BCUT2D eigenvalue weighted by Crippen LogP contribution is 2.02. The number of piperidine rings is 1. The van der Waals surface area contributed by atoms with Crippen LogP contribution in [0.15, 0.2) is 0 Å². The number of rotatable bonds is 6. The Kier molecular flexibility index (Phi) is 5.56. The minimum Gasteiger partial charge on any atom is -0.370 e. The van der Waals surface area contributed by atoms with Crippen molar-refractivity contribution in [2.24, 2.45) is 5.73 Å². The van der Waals surface area contributed by atoms with E-state index in [-0.39, 0.29) is 5.91 Å². The lowest BCUT2D eigenvalue weighted by Gasteiger charge is -2.23. The van der Waals surface area contributed by atoms with Gasteiger partial charge in [-0.2, -0.15) is 0 Å². The van der Waals surface area contributed by atoms with Crippen LogP contribution in [-0.2, 0) is 4.79 Å². The van der Waals surface area contributed by atoms with E-state index >= 15 is 0 Å². The van der Waals surface area contributed by atoms with Gasteiger partial charge in [0, 0.05) is 12.5 Å². The monoisotopic (exact) mass is 199 g/mol. The van der Waals surface area contributed by atoms with Gasteiger partial charge in [0.2, 0.25) is 5.91 Å². The van der Waals surface area contributed by atoms with Crippen LogP contribution >= 0.6 is 0 Å². The van der Waals surface area contributed by atoms with Crippen LogP contribution in [0.5, 0.6) is 0 Å².